The molecule has 1 aromatic heterocycles. The van der Waals surface area contributed by atoms with E-state index in [1.807, 2.05) is 13.8 Å². The summed E-state index contributed by atoms with van der Waals surface area (Å²) in [5.74, 6) is -0.513. The van der Waals surface area contributed by atoms with Crippen molar-refractivity contribution in [3.8, 4) is 5.75 Å². The summed E-state index contributed by atoms with van der Waals surface area (Å²) in [6.45, 7) is 4.67. The van der Waals surface area contributed by atoms with E-state index in [1.165, 1.54) is 0 Å². The number of rotatable bonds is 5. The lowest BCUT2D eigenvalue weighted by Crippen LogP contribution is -2.30. The molecule has 0 aliphatic rings. The Balaban J connectivity index is 0.00000108. The van der Waals surface area contributed by atoms with Gasteiger partial charge in [0.2, 0.25) is 11.2 Å². The van der Waals surface area contributed by atoms with E-state index in [0.717, 1.165) is 6.07 Å². The van der Waals surface area contributed by atoms with Gasteiger partial charge in [0.05, 0.1) is 0 Å². The van der Waals surface area contributed by atoms with Crippen LogP contribution in [0.3, 0.4) is 0 Å². The first-order valence-corrected chi connectivity index (χ1v) is 7.48. The fourth-order valence-electron chi connectivity index (χ4n) is 1.46. The zero-order chi connectivity index (χ0) is 18.0. The van der Waals surface area contributed by atoms with Gasteiger partial charge in [-0.3, -0.25) is 9.59 Å². The predicted octanol–water partition coefficient (Wildman–Crippen LogP) is 0.976. The van der Waals surface area contributed by atoms with Crippen LogP contribution in [-0.4, -0.2) is 38.6 Å². The van der Waals surface area contributed by atoms with Gasteiger partial charge in [-0.25, -0.2) is 0 Å². The number of thiocarbonyl (C=S) groups is 1. The lowest BCUT2D eigenvalue weighted by Gasteiger charge is -2.21. The number of aliphatic hydroxyl groups excluding tert-OH is 1. The van der Waals surface area contributed by atoms with E-state index >= 15 is 0 Å². The summed E-state index contributed by atoms with van der Waals surface area (Å²) in [7, 11) is 0. The van der Waals surface area contributed by atoms with E-state index in [-0.39, 0.29) is 23.3 Å². The highest BCUT2D eigenvalue weighted by molar-refractivity contribution is 7.96. The van der Waals surface area contributed by atoms with Crippen LogP contribution in [0.2, 0.25) is 0 Å². The third kappa shape index (κ3) is 7.86. The van der Waals surface area contributed by atoms with Crippen LogP contribution in [-0.2, 0) is 18.0 Å². The van der Waals surface area contributed by atoms with Crippen LogP contribution in [0.25, 0.3) is 0 Å². The topological polar surface area (TPSA) is 126 Å². The number of hydrogen-bond acceptors (Lipinski definition) is 7. The first kappa shape index (κ1) is 21.2. The second-order valence-corrected chi connectivity index (χ2v) is 4.86. The van der Waals surface area contributed by atoms with Crippen LogP contribution in [0, 0.1) is 0 Å². The molecule has 130 valence electrons. The van der Waals surface area contributed by atoms with Crippen molar-refractivity contribution in [3.05, 3.63) is 27.8 Å². The molecular formula is C13H20N2O6S2. The van der Waals surface area contributed by atoms with Crippen molar-refractivity contribution in [3.63, 3.8) is 0 Å². The van der Waals surface area contributed by atoms with Gasteiger partial charge in [0.1, 0.15) is 12.4 Å². The number of hydrogen-bond donors (Lipinski definition) is 4. The molecule has 0 saturated heterocycles. The molecule has 0 atom stereocenters. The van der Waals surface area contributed by atoms with Crippen molar-refractivity contribution in [2.24, 2.45) is 5.73 Å². The van der Waals surface area contributed by atoms with Gasteiger partial charge >= 0.3 is 0 Å². The van der Waals surface area contributed by atoms with Crippen LogP contribution >= 0.6 is 24.8 Å². The number of nitrogens with two attached hydrogens (primary N) is 1. The Morgan fingerprint density at radius 1 is 1.48 bits per heavy atom. The molecule has 0 aromatic carbocycles. The summed E-state index contributed by atoms with van der Waals surface area (Å²) >= 11 is 8.17. The number of amides is 1. The van der Waals surface area contributed by atoms with Gasteiger partial charge in [0.15, 0.2) is 12.4 Å². The van der Waals surface area contributed by atoms with Crippen molar-refractivity contribution >= 4 is 35.3 Å². The Hall–Kier alpha value is -1.78. The maximum atomic E-state index is 11.4. The number of carbonyl (C=O) groups is 1. The Morgan fingerprint density at radius 2 is 2.00 bits per heavy atom. The smallest absolute Gasteiger partial charge is 0.273 e. The maximum Gasteiger partial charge on any atom is 0.273 e. The van der Waals surface area contributed by atoms with E-state index in [4.69, 9.17) is 31.3 Å². The van der Waals surface area contributed by atoms with Crippen molar-refractivity contribution < 1.29 is 24.2 Å². The molecule has 0 fully saturated rings. The second-order valence-electron chi connectivity index (χ2n) is 4.07. The van der Waals surface area contributed by atoms with Gasteiger partial charge in [-0.1, -0.05) is 12.6 Å². The van der Waals surface area contributed by atoms with Crippen molar-refractivity contribution in [2.75, 3.05) is 13.1 Å². The fourth-order valence-corrected chi connectivity index (χ4v) is 1.78. The van der Waals surface area contributed by atoms with Gasteiger partial charge in [-0.2, -0.15) is 0 Å². The highest BCUT2D eigenvalue weighted by Crippen LogP contribution is 2.15. The summed E-state index contributed by atoms with van der Waals surface area (Å²) in [6, 6.07) is 1.03. The molecule has 0 saturated carbocycles. The van der Waals surface area contributed by atoms with Crippen LogP contribution in [0.4, 0.5) is 4.79 Å². The normalized spacial score (nSPS) is 9.57. The molecule has 10 heteroatoms. The number of primary amides is 1. The van der Waals surface area contributed by atoms with Crippen LogP contribution in [0.1, 0.15) is 25.4 Å². The Bertz CT molecular complexity index is 582. The molecule has 0 aliphatic heterocycles. The average Bonchev–Trinajstić information content (AvgIpc) is 2.49. The minimum Gasteiger partial charge on any atom is -0.502 e. The quantitative estimate of drug-likeness (QED) is 0.450. The van der Waals surface area contributed by atoms with Gasteiger partial charge in [-0.05, 0) is 26.1 Å². The molecular weight excluding hydrogens is 344 g/mol. The summed E-state index contributed by atoms with van der Waals surface area (Å²) in [5, 5.41) is 18.1. The highest BCUT2D eigenvalue weighted by atomic mass is 32.1. The van der Waals surface area contributed by atoms with E-state index in [9.17, 15) is 9.90 Å². The Morgan fingerprint density at radius 3 is 2.43 bits per heavy atom. The molecule has 0 radical (unpaired) electrons. The van der Waals surface area contributed by atoms with Gasteiger partial charge in [0, 0.05) is 19.2 Å². The predicted molar refractivity (Wildman–Crippen MR) is 91.4 cm³/mol. The van der Waals surface area contributed by atoms with E-state index in [0.29, 0.717) is 13.1 Å². The lowest BCUT2D eigenvalue weighted by molar-refractivity contribution is 0.189. The third-order valence-electron chi connectivity index (χ3n) is 2.55. The standard InChI is InChI=1S/C12H17NO5S.CH3NOS/c1-3-13(4-2)12(19)17-7-10-11(16)9(15)5-8(6-14)18-10;2-1(3)4/h5,14,16H,3-4,6-7H2,1-2H3;(H3,2,3,4). The number of carbonyl (C=O) groups excluding carboxylic acids is 1. The second kappa shape index (κ2) is 10.9. The zero-order valence-corrected chi connectivity index (χ0v) is 14.5. The summed E-state index contributed by atoms with van der Waals surface area (Å²) in [4.78, 5) is 22.3. The van der Waals surface area contributed by atoms with Crippen LogP contribution < -0.4 is 11.2 Å². The van der Waals surface area contributed by atoms with Gasteiger partial charge < -0.3 is 30.0 Å². The molecule has 1 aromatic rings. The largest absolute Gasteiger partial charge is 0.502 e. The van der Waals surface area contributed by atoms with E-state index < -0.39 is 23.0 Å². The molecule has 23 heavy (non-hydrogen) atoms. The minimum atomic E-state index is -0.639. The van der Waals surface area contributed by atoms with Crippen LogP contribution in [0.15, 0.2) is 15.3 Å². The Kier molecular flexibility index (Phi) is 10.0. The van der Waals surface area contributed by atoms with Crippen molar-refractivity contribution in [1.82, 2.24) is 4.90 Å². The first-order chi connectivity index (χ1) is 10.8. The average molecular weight is 364 g/mol. The number of nitrogens with zero attached hydrogens (tertiary/aromatic N) is 1. The molecule has 4 N–H and O–H groups in total. The fraction of sp³-hybridized carbons (Fsp3) is 0.462. The highest BCUT2D eigenvalue weighted by Gasteiger charge is 2.14. The maximum absolute atomic E-state index is 11.4. The monoisotopic (exact) mass is 364 g/mol. The Labute approximate surface area is 144 Å². The molecule has 8 nitrogen and oxygen atoms in total. The first-order valence-electron chi connectivity index (χ1n) is 6.62. The molecule has 0 spiro atoms. The third-order valence-corrected chi connectivity index (χ3v) is 2.92. The molecule has 1 heterocycles. The SMILES string of the molecule is CCN(CC)C(=S)OCc1oc(CO)cc(=O)c1O.NC(=O)S. The van der Waals surface area contributed by atoms with Crippen molar-refractivity contribution in [2.45, 2.75) is 27.1 Å². The van der Waals surface area contributed by atoms with Crippen LogP contribution in [0.5, 0.6) is 5.75 Å². The summed E-state index contributed by atoms with van der Waals surface area (Å²) in [5.41, 5.74) is 3.71. The number of aliphatic hydroxyl groups is 1. The van der Waals surface area contributed by atoms with E-state index in [2.05, 4.69) is 18.4 Å². The zero-order valence-electron chi connectivity index (χ0n) is 12.8. The molecule has 0 aliphatic carbocycles. The summed E-state index contributed by atoms with van der Waals surface area (Å²) < 4.78 is 10.4. The number of ether oxygens (including phenoxy) is 1. The minimum absolute atomic E-state index is 0.0499. The van der Waals surface area contributed by atoms with E-state index in [1.54, 1.807) is 4.90 Å². The molecule has 0 bridgehead atoms. The number of aromatic hydroxyl groups is 1. The van der Waals surface area contributed by atoms with Gasteiger partial charge in [-0.15, -0.1) is 0 Å². The lowest BCUT2D eigenvalue weighted by atomic mass is 10.3. The van der Waals surface area contributed by atoms with Gasteiger partial charge in [0.25, 0.3) is 10.4 Å². The number of thiol groups is 1. The molecule has 1 amide bonds. The molecule has 1 rings (SSSR count). The summed E-state index contributed by atoms with van der Waals surface area (Å²) in [6.07, 6.45) is 0. The molecule has 0 unspecified atom stereocenters. The van der Waals surface area contributed by atoms with Crippen molar-refractivity contribution in [1.29, 1.82) is 0 Å².